The van der Waals surface area contributed by atoms with Crippen LogP contribution in [0, 0.1) is 0 Å². The molecule has 11 heteroatoms. The molecule has 2 aromatic carbocycles. The van der Waals surface area contributed by atoms with Crippen LogP contribution < -0.4 is 19.0 Å². The summed E-state index contributed by atoms with van der Waals surface area (Å²) in [7, 11) is -2.80. The number of carbonyl (C=O) groups is 1. The highest BCUT2D eigenvalue weighted by atomic mass is 32.2. The van der Waals surface area contributed by atoms with Crippen molar-refractivity contribution >= 4 is 44.7 Å². The molecule has 1 amide bonds. The van der Waals surface area contributed by atoms with Gasteiger partial charge in [0, 0.05) is 11.9 Å². The standard InChI is InChI=1S/C19H21N3O6S2/c1-3-4-11-27-13-5-7-14(8-6-13)28-30(24,25)15-9-10-16-17(12-15)22-29-18(20-16)21-19(23)26-2/h5-10,12,22H,3-4,11H2,1-2H3,(H,20,21,23). The van der Waals surface area contributed by atoms with E-state index in [1.165, 1.54) is 25.3 Å². The van der Waals surface area contributed by atoms with E-state index in [0.29, 0.717) is 23.7 Å². The normalized spacial score (nSPS) is 12.8. The molecule has 0 saturated heterocycles. The molecular weight excluding hydrogens is 430 g/mol. The number of alkyl carbamates (subject to hydrolysis) is 1. The summed E-state index contributed by atoms with van der Waals surface area (Å²) < 4.78 is 43.5. The van der Waals surface area contributed by atoms with E-state index in [-0.39, 0.29) is 15.8 Å². The van der Waals surface area contributed by atoms with Crippen LogP contribution in [0.15, 0.2) is 52.4 Å². The van der Waals surface area contributed by atoms with Gasteiger partial charge in [-0.15, -0.1) is 0 Å². The summed E-state index contributed by atoms with van der Waals surface area (Å²) in [6, 6.07) is 10.7. The average Bonchev–Trinajstić information content (AvgIpc) is 2.74. The number of anilines is 1. The molecule has 0 unspecified atom stereocenters. The number of amidine groups is 1. The quantitative estimate of drug-likeness (QED) is 0.368. The minimum atomic E-state index is -4.05. The zero-order valence-corrected chi connectivity index (χ0v) is 18.0. The van der Waals surface area contributed by atoms with Gasteiger partial charge in [0.1, 0.15) is 16.4 Å². The first-order valence-electron chi connectivity index (χ1n) is 9.09. The molecule has 2 aromatic rings. The molecule has 1 heterocycles. The van der Waals surface area contributed by atoms with Gasteiger partial charge in [-0.1, -0.05) is 13.3 Å². The maximum Gasteiger partial charge on any atom is 0.412 e. The van der Waals surface area contributed by atoms with Crippen LogP contribution in [0.3, 0.4) is 0 Å². The molecule has 0 fully saturated rings. The van der Waals surface area contributed by atoms with E-state index in [1.807, 2.05) is 0 Å². The Morgan fingerprint density at radius 1 is 1.17 bits per heavy atom. The maximum atomic E-state index is 12.6. The number of nitrogens with one attached hydrogen (secondary N) is 2. The number of fused-ring (bicyclic) bond motifs is 1. The highest BCUT2D eigenvalue weighted by Crippen LogP contribution is 2.35. The van der Waals surface area contributed by atoms with Crippen molar-refractivity contribution < 1.29 is 26.9 Å². The summed E-state index contributed by atoms with van der Waals surface area (Å²) in [5, 5.41) is 2.72. The summed E-state index contributed by atoms with van der Waals surface area (Å²) in [4.78, 5) is 15.5. The van der Waals surface area contributed by atoms with Crippen LogP contribution in [-0.2, 0) is 14.9 Å². The zero-order valence-electron chi connectivity index (χ0n) is 16.4. The van der Waals surface area contributed by atoms with Crippen molar-refractivity contribution in [2.45, 2.75) is 24.7 Å². The topological polar surface area (TPSA) is 115 Å². The van der Waals surface area contributed by atoms with Crippen molar-refractivity contribution in [3.63, 3.8) is 0 Å². The summed E-state index contributed by atoms with van der Waals surface area (Å²) >= 11 is 1.02. The van der Waals surface area contributed by atoms with Crippen molar-refractivity contribution in [3.8, 4) is 11.5 Å². The number of methoxy groups -OCH3 is 1. The van der Waals surface area contributed by atoms with Crippen molar-refractivity contribution in [2.75, 3.05) is 18.4 Å². The van der Waals surface area contributed by atoms with E-state index in [2.05, 4.69) is 26.7 Å². The third-order valence-corrected chi connectivity index (χ3v) is 5.88. The SMILES string of the molecule is CCCCOc1ccc(OS(=O)(=O)c2ccc3c(c2)NSC(NC(=O)OC)=N3)cc1. The fourth-order valence-corrected chi connectivity index (χ4v) is 3.98. The summed E-state index contributed by atoms with van der Waals surface area (Å²) in [6.45, 7) is 2.68. The Morgan fingerprint density at radius 2 is 1.90 bits per heavy atom. The summed E-state index contributed by atoms with van der Waals surface area (Å²) in [5.74, 6) is 0.831. The van der Waals surface area contributed by atoms with Gasteiger partial charge in [-0.05, 0) is 48.9 Å². The third kappa shape index (κ3) is 5.57. The van der Waals surface area contributed by atoms with Gasteiger partial charge in [-0.3, -0.25) is 5.32 Å². The van der Waals surface area contributed by atoms with Gasteiger partial charge in [0.2, 0.25) is 0 Å². The van der Waals surface area contributed by atoms with E-state index in [0.717, 1.165) is 24.8 Å². The molecule has 9 nitrogen and oxygen atoms in total. The first-order valence-corrected chi connectivity index (χ1v) is 11.3. The van der Waals surface area contributed by atoms with Gasteiger partial charge >= 0.3 is 16.2 Å². The molecule has 0 spiro atoms. The second kappa shape index (κ2) is 9.72. The van der Waals surface area contributed by atoms with Gasteiger partial charge in [0.15, 0.2) is 5.17 Å². The van der Waals surface area contributed by atoms with Gasteiger partial charge in [-0.2, -0.15) is 8.42 Å². The Balaban J connectivity index is 1.71. The number of aliphatic imine (C=N–C) groups is 1. The lowest BCUT2D eigenvalue weighted by molar-refractivity contribution is 0.177. The highest BCUT2D eigenvalue weighted by Gasteiger charge is 2.21. The maximum absolute atomic E-state index is 12.6. The smallest absolute Gasteiger partial charge is 0.412 e. The van der Waals surface area contributed by atoms with Crippen molar-refractivity contribution in [2.24, 2.45) is 4.99 Å². The van der Waals surface area contributed by atoms with Crippen LogP contribution in [0.25, 0.3) is 0 Å². The van der Waals surface area contributed by atoms with Crippen LogP contribution in [0.1, 0.15) is 19.8 Å². The minimum Gasteiger partial charge on any atom is -0.494 e. The lowest BCUT2D eigenvalue weighted by atomic mass is 10.3. The molecule has 0 aliphatic carbocycles. The number of ether oxygens (including phenoxy) is 2. The number of hydrogen-bond donors (Lipinski definition) is 2. The largest absolute Gasteiger partial charge is 0.494 e. The number of nitrogens with zero attached hydrogens (tertiary/aromatic N) is 1. The number of hydrogen-bond acceptors (Lipinski definition) is 9. The molecule has 0 bridgehead atoms. The molecule has 0 saturated carbocycles. The molecule has 30 heavy (non-hydrogen) atoms. The molecule has 0 radical (unpaired) electrons. The Labute approximate surface area is 179 Å². The Hall–Kier alpha value is -2.92. The Bertz CT molecular complexity index is 1040. The zero-order chi connectivity index (χ0) is 21.6. The molecular formula is C19H21N3O6S2. The fraction of sp³-hybridized carbons (Fsp3) is 0.263. The van der Waals surface area contributed by atoms with Gasteiger partial charge in [0.05, 0.1) is 25.1 Å². The Morgan fingerprint density at radius 3 is 2.60 bits per heavy atom. The van der Waals surface area contributed by atoms with E-state index >= 15 is 0 Å². The van der Waals surface area contributed by atoms with Crippen molar-refractivity contribution in [1.29, 1.82) is 0 Å². The molecule has 1 aliphatic heterocycles. The van der Waals surface area contributed by atoms with Crippen LogP contribution in [0.4, 0.5) is 16.2 Å². The van der Waals surface area contributed by atoms with Gasteiger partial charge < -0.3 is 18.4 Å². The number of benzene rings is 2. The van der Waals surface area contributed by atoms with Crippen LogP contribution in [0.5, 0.6) is 11.5 Å². The first kappa shape index (κ1) is 21.8. The fourth-order valence-electron chi connectivity index (χ4n) is 2.38. The Kier molecular flexibility index (Phi) is 7.06. The van der Waals surface area contributed by atoms with Crippen molar-refractivity contribution in [1.82, 2.24) is 5.32 Å². The van der Waals surface area contributed by atoms with E-state index in [4.69, 9.17) is 8.92 Å². The van der Waals surface area contributed by atoms with E-state index in [1.54, 1.807) is 24.3 Å². The number of rotatable bonds is 7. The predicted molar refractivity (Wildman–Crippen MR) is 115 cm³/mol. The van der Waals surface area contributed by atoms with Crippen LogP contribution in [-0.4, -0.2) is 33.4 Å². The molecule has 160 valence electrons. The first-order chi connectivity index (χ1) is 14.4. The van der Waals surface area contributed by atoms with Crippen LogP contribution in [0.2, 0.25) is 0 Å². The monoisotopic (exact) mass is 451 g/mol. The van der Waals surface area contributed by atoms with Gasteiger partial charge in [-0.25, -0.2) is 9.79 Å². The lowest BCUT2D eigenvalue weighted by Crippen LogP contribution is -2.29. The molecule has 0 aromatic heterocycles. The predicted octanol–water partition coefficient (Wildman–Crippen LogP) is 4.05. The summed E-state index contributed by atoms with van der Waals surface area (Å²) in [6.07, 6.45) is 1.32. The number of amides is 1. The second-order valence-corrected chi connectivity index (χ2v) is 8.47. The molecule has 3 rings (SSSR count). The summed E-state index contributed by atoms with van der Waals surface area (Å²) in [5.41, 5.74) is 0.937. The third-order valence-electron chi connectivity index (χ3n) is 3.93. The number of unbranched alkanes of at least 4 members (excludes halogenated alkanes) is 1. The molecule has 1 aliphatic rings. The second-order valence-electron chi connectivity index (χ2n) is 6.13. The van der Waals surface area contributed by atoms with Crippen molar-refractivity contribution in [3.05, 3.63) is 42.5 Å². The number of carbonyl (C=O) groups excluding carboxylic acids is 1. The average molecular weight is 452 g/mol. The van der Waals surface area contributed by atoms with Gasteiger partial charge in [0.25, 0.3) is 0 Å². The molecule has 0 atom stereocenters. The minimum absolute atomic E-state index is 0.0304. The van der Waals surface area contributed by atoms with E-state index < -0.39 is 16.2 Å². The lowest BCUT2D eigenvalue weighted by Gasteiger charge is -2.17. The van der Waals surface area contributed by atoms with E-state index in [9.17, 15) is 13.2 Å². The highest BCUT2D eigenvalue weighted by molar-refractivity contribution is 8.15. The molecule has 2 N–H and O–H groups in total. The van der Waals surface area contributed by atoms with Crippen LogP contribution >= 0.6 is 11.9 Å².